The molecule has 0 spiro atoms. The van der Waals surface area contributed by atoms with Crippen LogP contribution in [-0.2, 0) is 10.0 Å². The predicted molar refractivity (Wildman–Crippen MR) is 116 cm³/mol. The van der Waals surface area contributed by atoms with Crippen molar-refractivity contribution < 1.29 is 17.6 Å². The summed E-state index contributed by atoms with van der Waals surface area (Å²) in [5.74, 6) is -1.18. The Kier molecular flexibility index (Phi) is 5.35. The maximum Gasteiger partial charge on any atom is 0.262 e. The largest absolute Gasteiger partial charge is 0.322 e. The number of carbonyl (C=O) groups is 1. The molecule has 0 saturated carbocycles. The lowest BCUT2D eigenvalue weighted by Crippen LogP contribution is -2.17. The number of fused-ring (bicyclic) bond motifs is 1. The van der Waals surface area contributed by atoms with E-state index in [1.807, 2.05) is 0 Å². The highest BCUT2D eigenvalue weighted by Gasteiger charge is 2.19. The quantitative estimate of drug-likeness (QED) is 0.490. The first kappa shape index (κ1) is 20.4. The van der Waals surface area contributed by atoms with Crippen molar-refractivity contribution in [3.8, 4) is 0 Å². The third kappa shape index (κ3) is 4.36. The van der Waals surface area contributed by atoms with Gasteiger partial charge in [-0.25, -0.2) is 12.8 Å². The van der Waals surface area contributed by atoms with Gasteiger partial charge in [-0.2, -0.15) is 0 Å². The number of nitrogens with zero attached hydrogens (tertiary/aromatic N) is 2. The third-order valence-corrected chi connectivity index (χ3v) is 5.97. The highest BCUT2D eigenvalue weighted by molar-refractivity contribution is 7.92. The topological polar surface area (TPSA) is 101 Å². The first-order chi connectivity index (χ1) is 14.8. The predicted octanol–water partition coefficient (Wildman–Crippen LogP) is 4.13. The van der Waals surface area contributed by atoms with Crippen molar-refractivity contribution in [2.75, 3.05) is 10.0 Å². The van der Waals surface area contributed by atoms with Gasteiger partial charge in [0, 0.05) is 23.6 Å². The molecule has 0 radical (unpaired) electrons. The van der Waals surface area contributed by atoms with Gasteiger partial charge >= 0.3 is 0 Å². The summed E-state index contributed by atoms with van der Waals surface area (Å²) in [6, 6.07) is 14.7. The average molecular weight is 436 g/mol. The molecule has 2 N–H and O–H groups in total. The van der Waals surface area contributed by atoms with E-state index in [0.29, 0.717) is 22.3 Å². The molecule has 0 aliphatic rings. The SMILES string of the molecule is Cc1ccc(S(=O)(=O)Nc2ccccc2F)cc1C(=O)Nc1ccc2nccnc2c1. The van der Waals surface area contributed by atoms with Gasteiger partial charge in [0.05, 0.1) is 21.6 Å². The third-order valence-electron chi connectivity index (χ3n) is 4.61. The molecule has 0 saturated heterocycles. The number of nitrogens with one attached hydrogen (secondary N) is 2. The molecule has 0 aliphatic heterocycles. The molecule has 4 rings (SSSR count). The number of anilines is 2. The van der Waals surface area contributed by atoms with Gasteiger partial charge in [0.25, 0.3) is 15.9 Å². The number of hydrogen-bond donors (Lipinski definition) is 2. The van der Waals surface area contributed by atoms with Crippen molar-refractivity contribution in [1.82, 2.24) is 9.97 Å². The van der Waals surface area contributed by atoms with Crippen molar-refractivity contribution in [2.24, 2.45) is 0 Å². The molecular formula is C22H17FN4O3S. The minimum absolute atomic E-state index is 0.157. The summed E-state index contributed by atoms with van der Waals surface area (Å²) in [5, 5.41) is 2.75. The Labute approximate surface area is 178 Å². The van der Waals surface area contributed by atoms with Gasteiger partial charge in [-0.05, 0) is 55.0 Å². The molecule has 31 heavy (non-hydrogen) atoms. The number of aryl methyl sites for hydroxylation is 1. The second kappa shape index (κ2) is 8.11. The van der Waals surface area contributed by atoms with E-state index < -0.39 is 21.7 Å². The van der Waals surface area contributed by atoms with Crippen LogP contribution < -0.4 is 10.0 Å². The van der Waals surface area contributed by atoms with E-state index in [9.17, 15) is 17.6 Å². The average Bonchev–Trinajstić information content (AvgIpc) is 2.75. The Bertz CT molecular complexity index is 1410. The fraction of sp³-hybridized carbons (Fsp3) is 0.0455. The number of para-hydroxylation sites is 1. The fourth-order valence-electron chi connectivity index (χ4n) is 3.00. The van der Waals surface area contributed by atoms with Gasteiger partial charge in [0.15, 0.2) is 0 Å². The van der Waals surface area contributed by atoms with E-state index in [1.54, 1.807) is 37.5 Å². The van der Waals surface area contributed by atoms with Crippen LogP contribution in [0.1, 0.15) is 15.9 Å². The molecule has 9 heteroatoms. The summed E-state index contributed by atoms with van der Waals surface area (Å²) in [6.45, 7) is 1.70. The molecule has 0 unspecified atom stereocenters. The number of amides is 1. The minimum atomic E-state index is -4.10. The Morgan fingerprint density at radius 1 is 0.935 bits per heavy atom. The number of sulfonamides is 1. The first-order valence-corrected chi connectivity index (χ1v) is 10.7. The van der Waals surface area contributed by atoms with Gasteiger partial charge in [-0.1, -0.05) is 18.2 Å². The van der Waals surface area contributed by atoms with Crippen LogP contribution in [0.25, 0.3) is 11.0 Å². The second-order valence-corrected chi connectivity index (χ2v) is 8.46. The molecule has 0 bridgehead atoms. The summed E-state index contributed by atoms with van der Waals surface area (Å²) < 4.78 is 41.5. The van der Waals surface area contributed by atoms with E-state index >= 15 is 0 Å². The summed E-state index contributed by atoms with van der Waals surface area (Å²) in [4.78, 5) is 21.1. The smallest absolute Gasteiger partial charge is 0.262 e. The van der Waals surface area contributed by atoms with Crippen LogP contribution in [0.4, 0.5) is 15.8 Å². The molecule has 0 atom stereocenters. The minimum Gasteiger partial charge on any atom is -0.322 e. The lowest BCUT2D eigenvalue weighted by atomic mass is 10.1. The molecular weight excluding hydrogens is 419 g/mol. The van der Waals surface area contributed by atoms with Crippen molar-refractivity contribution in [3.05, 3.63) is 90.0 Å². The molecule has 1 amide bonds. The Balaban J connectivity index is 1.62. The van der Waals surface area contributed by atoms with Crippen LogP contribution in [0.2, 0.25) is 0 Å². The second-order valence-electron chi connectivity index (χ2n) is 6.78. The molecule has 0 aliphatic carbocycles. The molecule has 0 fully saturated rings. The molecule has 7 nitrogen and oxygen atoms in total. The van der Waals surface area contributed by atoms with E-state index in [-0.39, 0.29) is 16.1 Å². The molecule has 156 valence electrons. The maximum absolute atomic E-state index is 13.9. The number of aromatic nitrogens is 2. The van der Waals surface area contributed by atoms with E-state index in [0.717, 1.165) is 6.07 Å². The van der Waals surface area contributed by atoms with Crippen molar-refractivity contribution >= 4 is 38.3 Å². The van der Waals surface area contributed by atoms with E-state index in [4.69, 9.17) is 0 Å². The van der Waals surface area contributed by atoms with E-state index in [1.165, 1.54) is 36.4 Å². The monoisotopic (exact) mass is 436 g/mol. The van der Waals surface area contributed by atoms with Crippen LogP contribution >= 0.6 is 0 Å². The zero-order chi connectivity index (χ0) is 22.0. The summed E-state index contributed by atoms with van der Waals surface area (Å²) in [7, 11) is -4.10. The zero-order valence-electron chi connectivity index (χ0n) is 16.3. The lowest BCUT2D eigenvalue weighted by Gasteiger charge is -2.12. The number of rotatable bonds is 5. The van der Waals surface area contributed by atoms with Gasteiger partial charge < -0.3 is 5.32 Å². The highest BCUT2D eigenvalue weighted by atomic mass is 32.2. The summed E-state index contributed by atoms with van der Waals surface area (Å²) in [5.41, 5.74) is 2.38. The Morgan fingerprint density at radius 2 is 1.68 bits per heavy atom. The number of halogens is 1. The number of carbonyl (C=O) groups excluding carboxylic acids is 1. The molecule has 3 aromatic carbocycles. The molecule has 4 aromatic rings. The van der Waals surface area contributed by atoms with Gasteiger partial charge in [-0.3, -0.25) is 19.5 Å². The zero-order valence-corrected chi connectivity index (χ0v) is 17.2. The Morgan fingerprint density at radius 3 is 2.45 bits per heavy atom. The van der Waals surface area contributed by atoms with Crippen LogP contribution in [-0.4, -0.2) is 24.3 Å². The summed E-state index contributed by atoms with van der Waals surface area (Å²) in [6.07, 6.45) is 3.13. The van der Waals surface area contributed by atoms with Gasteiger partial charge in [0.1, 0.15) is 5.82 Å². The maximum atomic E-state index is 13.9. The van der Waals surface area contributed by atoms with Crippen molar-refractivity contribution in [3.63, 3.8) is 0 Å². The van der Waals surface area contributed by atoms with Gasteiger partial charge in [-0.15, -0.1) is 0 Å². The van der Waals surface area contributed by atoms with Crippen molar-refractivity contribution in [1.29, 1.82) is 0 Å². The van der Waals surface area contributed by atoms with Crippen LogP contribution in [0.5, 0.6) is 0 Å². The molecule has 1 heterocycles. The van der Waals surface area contributed by atoms with Gasteiger partial charge in [0.2, 0.25) is 0 Å². The van der Waals surface area contributed by atoms with Crippen LogP contribution in [0.3, 0.4) is 0 Å². The highest BCUT2D eigenvalue weighted by Crippen LogP contribution is 2.22. The Hall–Kier alpha value is -3.85. The number of hydrogen-bond acceptors (Lipinski definition) is 5. The van der Waals surface area contributed by atoms with Crippen LogP contribution in [0, 0.1) is 12.7 Å². The standard InChI is InChI=1S/C22H17FN4O3S/c1-14-6-8-16(31(29,30)27-19-5-3-2-4-18(19)23)13-17(14)22(28)26-15-7-9-20-21(12-15)25-11-10-24-20/h2-13,27H,1H3,(H,26,28). The normalized spacial score (nSPS) is 11.3. The van der Waals surface area contributed by atoms with E-state index in [2.05, 4.69) is 20.0 Å². The molecule has 1 aromatic heterocycles. The lowest BCUT2D eigenvalue weighted by molar-refractivity contribution is 0.102. The first-order valence-electron chi connectivity index (χ1n) is 9.24. The van der Waals surface area contributed by atoms with Crippen molar-refractivity contribution in [2.45, 2.75) is 11.8 Å². The van der Waals surface area contributed by atoms with Crippen LogP contribution in [0.15, 0.2) is 78.0 Å². The number of benzene rings is 3. The summed E-state index contributed by atoms with van der Waals surface area (Å²) >= 11 is 0. The fourth-order valence-corrected chi connectivity index (χ4v) is 4.09.